The number of aliphatic hydroxyl groups excluding tert-OH is 1. The zero-order valence-corrected chi connectivity index (χ0v) is 13.0. The van der Waals surface area contributed by atoms with Gasteiger partial charge in [-0.05, 0) is 32.0 Å². The fourth-order valence-corrected chi connectivity index (χ4v) is 2.55. The van der Waals surface area contributed by atoms with Gasteiger partial charge in [0, 0.05) is 18.7 Å². The number of rotatable bonds is 6. The number of hydrogen-bond acceptors (Lipinski definition) is 4. The second-order valence-electron chi connectivity index (χ2n) is 4.89. The Bertz CT molecular complexity index is 585. The molecule has 1 aromatic carbocycles. The van der Waals surface area contributed by atoms with Crippen LogP contribution in [0.4, 0.5) is 0 Å². The Morgan fingerprint density at radius 3 is 2.38 bits per heavy atom. The van der Waals surface area contributed by atoms with Crippen LogP contribution in [0.15, 0.2) is 24.3 Å². The van der Waals surface area contributed by atoms with Crippen LogP contribution >= 0.6 is 0 Å². The van der Waals surface area contributed by atoms with Gasteiger partial charge >= 0.3 is 0 Å². The van der Waals surface area contributed by atoms with Gasteiger partial charge in [-0.2, -0.15) is 5.10 Å². The Labute approximate surface area is 125 Å². The Balaban J connectivity index is 2.33. The summed E-state index contributed by atoms with van der Waals surface area (Å²) < 4.78 is 12.6. The summed E-state index contributed by atoms with van der Waals surface area (Å²) in [7, 11) is 3.18. The molecule has 1 N–H and O–H groups in total. The van der Waals surface area contributed by atoms with E-state index in [4.69, 9.17) is 9.47 Å². The van der Waals surface area contributed by atoms with Crippen LogP contribution in [0.2, 0.25) is 0 Å². The van der Waals surface area contributed by atoms with Gasteiger partial charge in [-0.3, -0.25) is 4.68 Å². The van der Waals surface area contributed by atoms with E-state index in [-0.39, 0.29) is 0 Å². The number of methoxy groups -OCH3 is 2. The molecule has 5 nitrogen and oxygen atoms in total. The van der Waals surface area contributed by atoms with Crippen molar-refractivity contribution in [2.24, 2.45) is 0 Å². The molecule has 0 fully saturated rings. The van der Waals surface area contributed by atoms with E-state index in [0.717, 1.165) is 17.9 Å². The van der Waals surface area contributed by atoms with Crippen molar-refractivity contribution in [3.8, 4) is 11.5 Å². The van der Waals surface area contributed by atoms with Crippen LogP contribution in [0.3, 0.4) is 0 Å². The van der Waals surface area contributed by atoms with Crippen LogP contribution in [0.5, 0.6) is 11.5 Å². The van der Waals surface area contributed by atoms with Gasteiger partial charge in [-0.15, -0.1) is 0 Å². The first-order valence-corrected chi connectivity index (χ1v) is 7.03. The summed E-state index contributed by atoms with van der Waals surface area (Å²) in [6.07, 6.45) is -0.247. The number of aryl methyl sites for hydroxylation is 2. The molecule has 1 unspecified atom stereocenters. The Morgan fingerprint density at radius 2 is 1.86 bits per heavy atom. The molecule has 0 saturated carbocycles. The van der Waals surface area contributed by atoms with E-state index in [1.54, 1.807) is 14.2 Å². The number of hydrogen-bond donors (Lipinski definition) is 1. The third-order valence-electron chi connectivity index (χ3n) is 3.49. The second-order valence-corrected chi connectivity index (χ2v) is 4.89. The number of ether oxygens (including phenoxy) is 2. The molecule has 0 aliphatic carbocycles. The van der Waals surface area contributed by atoms with Crippen LogP contribution in [-0.4, -0.2) is 29.1 Å². The van der Waals surface area contributed by atoms with Crippen molar-refractivity contribution in [3.05, 3.63) is 41.2 Å². The number of nitrogens with zero attached hydrogens (tertiary/aromatic N) is 2. The van der Waals surface area contributed by atoms with E-state index in [1.807, 2.05) is 42.8 Å². The van der Waals surface area contributed by atoms with E-state index >= 15 is 0 Å². The lowest BCUT2D eigenvalue weighted by Crippen LogP contribution is -2.10. The van der Waals surface area contributed by atoms with Crippen LogP contribution in [0, 0.1) is 6.92 Å². The minimum atomic E-state index is -0.711. The van der Waals surface area contributed by atoms with E-state index in [1.165, 1.54) is 0 Å². The van der Waals surface area contributed by atoms with Gasteiger partial charge in [0.15, 0.2) is 0 Å². The van der Waals surface area contributed by atoms with Crippen molar-refractivity contribution >= 4 is 0 Å². The summed E-state index contributed by atoms with van der Waals surface area (Å²) >= 11 is 0. The lowest BCUT2D eigenvalue weighted by Gasteiger charge is -2.18. The maximum Gasteiger partial charge on any atom is 0.128 e. The van der Waals surface area contributed by atoms with Crippen LogP contribution in [0.1, 0.15) is 30.0 Å². The molecule has 0 aliphatic heterocycles. The van der Waals surface area contributed by atoms with Crippen molar-refractivity contribution in [1.29, 1.82) is 0 Å². The molecule has 0 bridgehead atoms. The third kappa shape index (κ3) is 3.19. The normalized spacial score (nSPS) is 12.2. The fraction of sp³-hybridized carbons (Fsp3) is 0.438. The molecule has 1 atom stereocenters. The van der Waals surface area contributed by atoms with Crippen molar-refractivity contribution in [1.82, 2.24) is 9.78 Å². The molecule has 0 amide bonds. The minimum Gasteiger partial charge on any atom is -0.496 e. The number of aromatic nitrogens is 2. The fourth-order valence-electron chi connectivity index (χ4n) is 2.55. The maximum absolute atomic E-state index is 10.6. The smallest absolute Gasteiger partial charge is 0.128 e. The van der Waals surface area contributed by atoms with E-state index in [0.29, 0.717) is 23.5 Å². The monoisotopic (exact) mass is 290 g/mol. The number of aliphatic hydroxyl groups is 1. The van der Waals surface area contributed by atoms with Gasteiger partial charge in [-0.1, -0.05) is 6.07 Å². The summed E-state index contributed by atoms with van der Waals surface area (Å²) in [4.78, 5) is 0. The van der Waals surface area contributed by atoms with Crippen LogP contribution < -0.4 is 9.47 Å². The van der Waals surface area contributed by atoms with Gasteiger partial charge in [0.1, 0.15) is 11.5 Å². The summed E-state index contributed by atoms with van der Waals surface area (Å²) in [6.45, 7) is 4.76. The van der Waals surface area contributed by atoms with Crippen molar-refractivity contribution in [3.63, 3.8) is 0 Å². The molecule has 0 spiro atoms. The van der Waals surface area contributed by atoms with Crippen LogP contribution in [-0.2, 0) is 13.0 Å². The van der Waals surface area contributed by atoms with Crippen molar-refractivity contribution in [2.45, 2.75) is 32.9 Å². The van der Waals surface area contributed by atoms with E-state index in [9.17, 15) is 5.11 Å². The summed E-state index contributed by atoms with van der Waals surface area (Å²) in [5.41, 5.74) is 2.62. The highest BCUT2D eigenvalue weighted by molar-refractivity contribution is 5.46. The molecule has 21 heavy (non-hydrogen) atoms. The molecular weight excluding hydrogens is 268 g/mol. The van der Waals surface area contributed by atoms with E-state index < -0.39 is 6.10 Å². The first-order chi connectivity index (χ1) is 10.1. The predicted molar refractivity (Wildman–Crippen MR) is 80.8 cm³/mol. The molecule has 0 aliphatic rings. The highest BCUT2D eigenvalue weighted by atomic mass is 16.5. The standard InChI is InChI=1S/C16H22N2O3/c1-5-18-12(9-11(2)17-18)10-13(19)16-14(20-3)7-6-8-15(16)21-4/h6-9,13,19H,5,10H2,1-4H3. The average Bonchev–Trinajstić information content (AvgIpc) is 2.85. The first-order valence-electron chi connectivity index (χ1n) is 7.03. The SMILES string of the molecule is CCn1nc(C)cc1CC(O)c1c(OC)cccc1OC. The maximum atomic E-state index is 10.6. The molecule has 1 heterocycles. The van der Waals surface area contributed by atoms with Gasteiger partial charge in [-0.25, -0.2) is 0 Å². The van der Waals surface area contributed by atoms with Crippen LogP contribution in [0.25, 0.3) is 0 Å². The minimum absolute atomic E-state index is 0.464. The molecule has 0 radical (unpaired) electrons. The largest absolute Gasteiger partial charge is 0.496 e. The highest BCUT2D eigenvalue weighted by Crippen LogP contribution is 2.35. The van der Waals surface area contributed by atoms with Gasteiger partial charge in [0.05, 0.1) is 31.6 Å². The van der Waals surface area contributed by atoms with Gasteiger partial charge in [0.25, 0.3) is 0 Å². The molecular formula is C16H22N2O3. The topological polar surface area (TPSA) is 56.5 Å². The Hall–Kier alpha value is -2.01. The lowest BCUT2D eigenvalue weighted by atomic mass is 10.0. The summed E-state index contributed by atoms with van der Waals surface area (Å²) in [5, 5.41) is 15.0. The Kier molecular flexibility index (Phi) is 4.85. The third-order valence-corrected chi connectivity index (χ3v) is 3.49. The number of benzene rings is 1. The van der Waals surface area contributed by atoms with Crippen molar-refractivity contribution < 1.29 is 14.6 Å². The highest BCUT2D eigenvalue weighted by Gasteiger charge is 2.20. The van der Waals surface area contributed by atoms with Crippen molar-refractivity contribution in [2.75, 3.05) is 14.2 Å². The molecule has 1 aromatic heterocycles. The molecule has 2 aromatic rings. The molecule has 5 heteroatoms. The Morgan fingerprint density at radius 1 is 1.24 bits per heavy atom. The zero-order valence-electron chi connectivity index (χ0n) is 13.0. The zero-order chi connectivity index (χ0) is 15.4. The second kappa shape index (κ2) is 6.63. The first kappa shape index (κ1) is 15.4. The van der Waals surface area contributed by atoms with E-state index in [2.05, 4.69) is 5.10 Å². The molecule has 114 valence electrons. The predicted octanol–water partition coefficient (Wildman–Crippen LogP) is 2.50. The summed E-state index contributed by atoms with van der Waals surface area (Å²) in [5.74, 6) is 1.25. The van der Waals surface area contributed by atoms with Gasteiger partial charge < -0.3 is 14.6 Å². The summed E-state index contributed by atoms with van der Waals surface area (Å²) in [6, 6.07) is 7.48. The molecule has 0 saturated heterocycles. The quantitative estimate of drug-likeness (QED) is 0.888. The van der Waals surface area contributed by atoms with Gasteiger partial charge in [0.2, 0.25) is 0 Å². The average molecular weight is 290 g/mol. The molecule has 2 rings (SSSR count). The lowest BCUT2D eigenvalue weighted by molar-refractivity contribution is 0.166.